The van der Waals surface area contributed by atoms with Crippen molar-refractivity contribution < 1.29 is 0 Å². The second-order valence-electron chi connectivity index (χ2n) is 1.92. The van der Waals surface area contributed by atoms with E-state index in [2.05, 4.69) is 5.32 Å². The molecule has 2 nitrogen and oxygen atoms in total. The molecule has 3 heteroatoms. The Morgan fingerprint density at radius 3 is 2.89 bits per heavy atom. The van der Waals surface area contributed by atoms with Crippen LogP contribution in [0.5, 0.6) is 0 Å². The highest BCUT2D eigenvalue weighted by Crippen LogP contribution is 1.90. The minimum Gasteiger partial charge on any atom is -0.329 e. The van der Waals surface area contributed by atoms with Gasteiger partial charge in [-0.15, -0.1) is 0 Å². The van der Waals surface area contributed by atoms with Crippen molar-refractivity contribution in [2.75, 3.05) is 19.6 Å². The molecule has 0 aliphatic carbocycles. The zero-order valence-corrected chi connectivity index (χ0v) is 6.41. The Labute approximate surface area is 61.1 Å². The summed E-state index contributed by atoms with van der Waals surface area (Å²) in [6.45, 7) is 4.33. The van der Waals surface area contributed by atoms with Gasteiger partial charge in [0.25, 0.3) is 0 Å². The van der Waals surface area contributed by atoms with Crippen LogP contribution in [-0.4, -0.2) is 19.6 Å². The van der Waals surface area contributed by atoms with E-state index in [0.717, 1.165) is 18.7 Å². The summed E-state index contributed by atoms with van der Waals surface area (Å²) in [7, 11) is 0. The third-order valence-corrected chi connectivity index (χ3v) is 1.28. The van der Waals surface area contributed by atoms with Gasteiger partial charge in [0.1, 0.15) is 0 Å². The van der Waals surface area contributed by atoms with Crippen LogP contribution in [0.1, 0.15) is 6.92 Å². The summed E-state index contributed by atoms with van der Waals surface area (Å²) in [5.74, 6) is 0. The first-order valence-electron chi connectivity index (χ1n) is 2.98. The van der Waals surface area contributed by atoms with Gasteiger partial charge < -0.3 is 11.1 Å². The van der Waals surface area contributed by atoms with Gasteiger partial charge in [0, 0.05) is 25.2 Å². The van der Waals surface area contributed by atoms with Crippen LogP contribution in [0.4, 0.5) is 0 Å². The molecular weight excluding hydrogens is 136 g/mol. The van der Waals surface area contributed by atoms with Gasteiger partial charge in [0.2, 0.25) is 0 Å². The molecule has 0 rings (SSSR count). The van der Waals surface area contributed by atoms with E-state index in [1.807, 2.05) is 6.92 Å². The maximum absolute atomic E-state index is 5.40. The fourth-order valence-corrected chi connectivity index (χ4v) is 0.503. The Kier molecular flexibility index (Phi) is 6.04. The summed E-state index contributed by atoms with van der Waals surface area (Å²) in [6.07, 6.45) is 0. The van der Waals surface area contributed by atoms with E-state index in [1.54, 1.807) is 5.54 Å². The summed E-state index contributed by atoms with van der Waals surface area (Å²) >= 11 is 5.40. The molecule has 0 saturated heterocycles. The summed E-state index contributed by atoms with van der Waals surface area (Å²) in [5.41, 5.74) is 7.94. The minimum absolute atomic E-state index is 0.676. The molecule has 0 aliphatic rings. The van der Waals surface area contributed by atoms with Crippen molar-refractivity contribution in [3.8, 4) is 0 Å². The van der Waals surface area contributed by atoms with E-state index >= 15 is 0 Å². The van der Waals surface area contributed by atoms with Gasteiger partial charge in [-0.05, 0) is 12.5 Å². The zero-order chi connectivity index (χ0) is 7.11. The molecular formula is C6H13ClN2. The largest absolute Gasteiger partial charge is 0.329 e. The van der Waals surface area contributed by atoms with Crippen molar-refractivity contribution in [1.29, 1.82) is 0 Å². The van der Waals surface area contributed by atoms with Gasteiger partial charge in [0.05, 0.1) is 0 Å². The van der Waals surface area contributed by atoms with Gasteiger partial charge in [0.15, 0.2) is 0 Å². The number of nitrogens with two attached hydrogens (primary N) is 1. The zero-order valence-electron chi connectivity index (χ0n) is 5.65. The molecule has 0 fully saturated rings. The number of rotatable bonds is 4. The molecule has 0 aromatic heterocycles. The normalized spacial score (nSPS) is 12.1. The molecule has 0 atom stereocenters. The summed E-state index contributed by atoms with van der Waals surface area (Å²) in [5, 5.41) is 3.11. The molecule has 54 valence electrons. The topological polar surface area (TPSA) is 38.0 Å². The van der Waals surface area contributed by atoms with E-state index in [9.17, 15) is 0 Å². The van der Waals surface area contributed by atoms with Crippen LogP contribution in [0.2, 0.25) is 0 Å². The lowest BCUT2D eigenvalue weighted by Crippen LogP contribution is -2.23. The monoisotopic (exact) mass is 148 g/mol. The first kappa shape index (κ1) is 8.95. The van der Waals surface area contributed by atoms with Crippen LogP contribution in [-0.2, 0) is 0 Å². The average Bonchev–Trinajstić information content (AvgIpc) is 1.89. The number of nitrogens with one attached hydrogen (secondary N) is 1. The Bertz CT molecular complexity index is 91.1. The van der Waals surface area contributed by atoms with Crippen molar-refractivity contribution in [2.24, 2.45) is 5.73 Å². The molecule has 0 aromatic carbocycles. The van der Waals surface area contributed by atoms with Crippen LogP contribution in [0.25, 0.3) is 0 Å². The predicted octanol–water partition coefficient (Wildman–Crippen LogP) is 0.677. The highest BCUT2D eigenvalue weighted by atomic mass is 35.5. The van der Waals surface area contributed by atoms with Crippen molar-refractivity contribution in [3.05, 3.63) is 11.1 Å². The summed E-state index contributed by atoms with van der Waals surface area (Å²) in [6, 6.07) is 0. The first-order chi connectivity index (χ1) is 4.31. The molecule has 0 heterocycles. The Morgan fingerprint density at radius 1 is 1.78 bits per heavy atom. The van der Waals surface area contributed by atoms with Crippen LogP contribution < -0.4 is 11.1 Å². The molecule has 0 unspecified atom stereocenters. The maximum Gasteiger partial charge on any atom is 0.0174 e. The molecule has 0 saturated carbocycles. The van der Waals surface area contributed by atoms with E-state index in [4.69, 9.17) is 17.3 Å². The Hall–Kier alpha value is -0.0500. The molecule has 9 heavy (non-hydrogen) atoms. The standard InChI is InChI=1S/C6H13ClN2/c1-6(4-7)5-9-3-2-8/h4,9H,2-3,5,8H2,1H3. The molecule has 0 aliphatic heterocycles. The van der Waals surface area contributed by atoms with E-state index in [-0.39, 0.29) is 0 Å². The lowest BCUT2D eigenvalue weighted by Gasteiger charge is -1.99. The summed E-state index contributed by atoms with van der Waals surface area (Å²) in [4.78, 5) is 0. The highest BCUT2D eigenvalue weighted by Gasteiger charge is 1.85. The number of hydrogen-bond acceptors (Lipinski definition) is 2. The summed E-state index contributed by atoms with van der Waals surface area (Å²) < 4.78 is 0. The van der Waals surface area contributed by atoms with E-state index < -0.39 is 0 Å². The fourth-order valence-electron chi connectivity index (χ4n) is 0.426. The Balaban J connectivity index is 3.07. The third kappa shape index (κ3) is 5.83. The third-order valence-electron chi connectivity index (χ3n) is 0.911. The van der Waals surface area contributed by atoms with E-state index in [1.165, 1.54) is 0 Å². The van der Waals surface area contributed by atoms with Crippen molar-refractivity contribution >= 4 is 11.6 Å². The highest BCUT2D eigenvalue weighted by molar-refractivity contribution is 6.25. The fraction of sp³-hybridized carbons (Fsp3) is 0.667. The van der Waals surface area contributed by atoms with Gasteiger partial charge in [-0.3, -0.25) is 0 Å². The SMILES string of the molecule is CC(=CCl)CNCCN. The van der Waals surface area contributed by atoms with Crippen LogP contribution in [0, 0.1) is 0 Å². The molecule has 0 radical (unpaired) electrons. The number of halogens is 1. The van der Waals surface area contributed by atoms with Crippen molar-refractivity contribution in [3.63, 3.8) is 0 Å². The second-order valence-corrected chi connectivity index (χ2v) is 2.14. The van der Waals surface area contributed by atoms with E-state index in [0.29, 0.717) is 6.54 Å². The van der Waals surface area contributed by atoms with Gasteiger partial charge in [-0.1, -0.05) is 11.6 Å². The Morgan fingerprint density at radius 2 is 2.44 bits per heavy atom. The second kappa shape index (κ2) is 6.08. The lowest BCUT2D eigenvalue weighted by molar-refractivity contribution is 0.737. The smallest absolute Gasteiger partial charge is 0.0174 e. The van der Waals surface area contributed by atoms with Crippen LogP contribution in [0.15, 0.2) is 11.1 Å². The average molecular weight is 149 g/mol. The van der Waals surface area contributed by atoms with Crippen LogP contribution >= 0.6 is 11.6 Å². The van der Waals surface area contributed by atoms with Crippen LogP contribution in [0.3, 0.4) is 0 Å². The van der Waals surface area contributed by atoms with Crippen molar-refractivity contribution in [2.45, 2.75) is 6.92 Å². The molecule has 0 amide bonds. The predicted molar refractivity (Wildman–Crippen MR) is 41.5 cm³/mol. The maximum atomic E-state index is 5.40. The molecule has 3 N–H and O–H groups in total. The quantitative estimate of drug-likeness (QED) is 0.576. The van der Waals surface area contributed by atoms with Gasteiger partial charge in [-0.25, -0.2) is 0 Å². The van der Waals surface area contributed by atoms with Gasteiger partial charge >= 0.3 is 0 Å². The molecule has 0 aromatic rings. The van der Waals surface area contributed by atoms with Gasteiger partial charge in [-0.2, -0.15) is 0 Å². The lowest BCUT2D eigenvalue weighted by atomic mass is 10.3. The molecule has 0 spiro atoms. The van der Waals surface area contributed by atoms with Crippen molar-refractivity contribution in [1.82, 2.24) is 5.32 Å². The number of hydrogen-bond donors (Lipinski definition) is 2. The minimum atomic E-state index is 0.676. The first-order valence-corrected chi connectivity index (χ1v) is 3.41. The molecule has 0 bridgehead atoms.